The summed E-state index contributed by atoms with van der Waals surface area (Å²) in [7, 11) is 0. The fourth-order valence-electron chi connectivity index (χ4n) is 1.86. The molecule has 0 atom stereocenters. The number of unbranched alkanes of at least 4 members (excludes halogenated alkanes) is 5. The van der Waals surface area contributed by atoms with Gasteiger partial charge in [-0.05, 0) is 81.8 Å². The standard InChI is InChI=1S/C14H20I2/c1-2-3-4-5-6-7-8-12-9-13(15)11-14(16)10-12/h9-11H,2-8H2,1H3. The molecule has 0 radical (unpaired) electrons. The third-order valence-corrected chi connectivity index (χ3v) is 3.99. The molecule has 1 aromatic carbocycles. The molecular formula is C14H20I2. The Morgan fingerprint density at radius 3 is 2.00 bits per heavy atom. The second-order valence-corrected chi connectivity index (χ2v) is 6.79. The molecule has 1 aromatic rings. The first-order valence-corrected chi connectivity index (χ1v) is 8.33. The van der Waals surface area contributed by atoms with Crippen LogP contribution in [0.25, 0.3) is 0 Å². The normalized spacial score (nSPS) is 10.7. The van der Waals surface area contributed by atoms with Crippen LogP contribution in [0.5, 0.6) is 0 Å². The van der Waals surface area contributed by atoms with E-state index in [1.54, 1.807) is 0 Å². The molecular weight excluding hydrogens is 422 g/mol. The topological polar surface area (TPSA) is 0 Å². The van der Waals surface area contributed by atoms with E-state index in [1.165, 1.54) is 57.6 Å². The summed E-state index contributed by atoms with van der Waals surface area (Å²) < 4.78 is 2.73. The Bertz CT molecular complexity index is 287. The Kier molecular flexibility index (Phi) is 8.04. The second-order valence-electron chi connectivity index (χ2n) is 4.30. The zero-order valence-corrected chi connectivity index (χ0v) is 14.3. The van der Waals surface area contributed by atoms with E-state index < -0.39 is 0 Å². The molecule has 0 N–H and O–H groups in total. The van der Waals surface area contributed by atoms with Crippen LogP contribution in [0.3, 0.4) is 0 Å². The summed E-state index contributed by atoms with van der Waals surface area (Å²) in [6, 6.07) is 6.86. The lowest BCUT2D eigenvalue weighted by molar-refractivity contribution is 0.607. The molecule has 0 aliphatic heterocycles. The summed E-state index contributed by atoms with van der Waals surface area (Å²) in [5.74, 6) is 0. The number of hydrogen-bond donors (Lipinski definition) is 0. The van der Waals surface area contributed by atoms with Crippen molar-refractivity contribution in [1.29, 1.82) is 0 Å². The van der Waals surface area contributed by atoms with Gasteiger partial charge in [-0.1, -0.05) is 39.0 Å². The molecule has 0 amide bonds. The monoisotopic (exact) mass is 442 g/mol. The zero-order chi connectivity index (χ0) is 11.8. The smallest absolute Gasteiger partial charge is 0.0143 e. The Morgan fingerprint density at radius 2 is 1.38 bits per heavy atom. The summed E-state index contributed by atoms with van der Waals surface area (Å²) >= 11 is 4.81. The minimum absolute atomic E-state index is 1.25. The van der Waals surface area contributed by atoms with E-state index in [4.69, 9.17) is 0 Å². The van der Waals surface area contributed by atoms with Gasteiger partial charge in [0.2, 0.25) is 0 Å². The van der Waals surface area contributed by atoms with Gasteiger partial charge < -0.3 is 0 Å². The van der Waals surface area contributed by atoms with E-state index in [0.717, 1.165) is 0 Å². The van der Waals surface area contributed by atoms with Gasteiger partial charge in [0.25, 0.3) is 0 Å². The summed E-state index contributed by atoms with van der Waals surface area (Å²) in [5.41, 5.74) is 1.51. The molecule has 1 rings (SSSR count). The molecule has 0 saturated heterocycles. The quantitative estimate of drug-likeness (QED) is 0.370. The summed E-state index contributed by atoms with van der Waals surface area (Å²) in [6.07, 6.45) is 9.56. The molecule has 0 aromatic heterocycles. The molecule has 0 heterocycles. The van der Waals surface area contributed by atoms with Crippen LogP contribution < -0.4 is 0 Å². The van der Waals surface area contributed by atoms with Gasteiger partial charge in [0.1, 0.15) is 0 Å². The highest BCUT2D eigenvalue weighted by Gasteiger charge is 1.98. The van der Waals surface area contributed by atoms with Crippen LogP contribution >= 0.6 is 45.2 Å². The maximum absolute atomic E-state index is 2.41. The fraction of sp³-hybridized carbons (Fsp3) is 0.571. The van der Waals surface area contributed by atoms with Gasteiger partial charge in [-0.15, -0.1) is 0 Å². The molecule has 2 heteroatoms. The van der Waals surface area contributed by atoms with Crippen LogP contribution in [0.15, 0.2) is 18.2 Å². The minimum Gasteiger partial charge on any atom is -0.0654 e. The first-order valence-electron chi connectivity index (χ1n) is 6.17. The summed E-state index contributed by atoms with van der Waals surface area (Å²) in [6.45, 7) is 2.27. The highest BCUT2D eigenvalue weighted by Crippen LogP contribution is 2.16. The molecule has 0 fully saturated rings. The van der Waals surface area contributed by atoms with Crippen molar-refractivity contribution in [3.05, 3.63) is 30.9 Å². The van der Waals surface area contributed by atoms with Gasteiger partial charge in [0.05, 0.1) is 0 Å². The van der Waals surface area contributed by atoms with Crippen molar-refractivity contribution in [3.63, 3.8) is 0 Å². The first kappa shape index (κ1) is 14.7. The molecule has 0 unspecified atom stereocenters. The van der Waals surface area contributed by atoms with Gasteiger partial charge in [-0.3, -0.25) is 0 Å². The van der Waals surface area contributed by atoms with Gasteiger partial charge in [0, 0.05) is 7.14 Å². The van der Waals surface area contributed by atoms with Crippen molar-refractivity contribution in [2.75, 3.05) is 0 Å². The molecule has 0 aliphatic rings. The number of benzene rings is 1. The van der Waals surface area contributed by atoms with Crippen LogP contribution in [0.4, 0.5) is 0 Å². The van der Waals surface area contributed by atoms with Crippen LogP contribution in [-0.2, 0) is 6.42 Å². The minimum atomic E-state index is 1.25. The highest BCUT2D eigenvalue weighted by atomic mass is 127. The van der Waals surface area contributed by atoms with Crippen LogP contribution in [-0.4, -0.2) is 0 Å². The number of aryl methyl sites for hydroxylation is 1. The lowest BCUT2D eigenvalue weighted by Gasteiger charge is -2.04. The van der Waals surface area contributed by atoms with E-state index in [1.807, 2.05) is 0 Å². The SMILES string of the molecule is CCCCCCCCc1cc(I)cc(I)c1. The highest BCUT2D eigenvalue weighted by molar-refractivity contribution is 14.1. The van der Waals surface area contributed by atoms with E-state index in [-0.39, 0.29) is 0 Å². The van der Waals surface area contributed by atoms with Crippen molar-refractivity contribution >= 4 is 45.2 Å². The Morgan fingerprint density at radius 1 is 0.812 bits per heavy atom. The second kappa shape index (κ2) is 8.72. The molecule has 0 nitrogen and oxygen atoms in total. The van der Waals surface area contributed by atoms with E-state index in [2.05, 4.69) is 70.3 Å². The maximum atomic E-state index is 2.41. The third kappa shape index (κ3) is 6.42. The van der Waals surface area contributed by atoms with E-state index in [9.17, 15) is 0 Å². The van der Waals surface area contributed by atoms with Crippen molar-refractivity contribution in [1.82, 2.24) is 0 Å². The summed E-state index contributed by atoms with van der Waals surface area (Å²) in [4.78, 5) is 0. The Hall–Kier alpha value is 0.680. The van der Waals surface area contributed by atoms with Gasteiger partial charge in [-0.25, -0.2) is 0 Å². The molecule has 0 aliphatic carbocycles. The van der Waals surface area contributed by atoms with E-state index in [0.29, 0.717) is 0 Å². The van der Waals surface area contributed by atoms with Gasteiger partial charge in [0.15, 0.2) is 0 Å². The fourth-order valence-corrected chi connectivity index (χ4v) is 3.93. The van der Waals surface area contributed by atoms with Crippen molar-refractivity contribution < 1.29 is 0 Å². The number of hydrogen-bond acceptors (Lipinski definition) is 0. The average molecular weight is 442 g/mol. The maximum Gasteiger partial charge on any atom is 0.0143 e. The zero-order valence-electron chi connectivity index (χ0n) is 9.94. The van der Waals surface area contributed by atoms with Gasteiger partial charge >= 0.3 is 0 Å². The van der Waals surface area contributed by atoms with Crippen LogP contribution in [0, 0.1) is 7.14 Å². The van der Waals surface area contributed by atoms with Crippen molar-refractivity contribution in [2.45, 2.75) is 51.9 Å². The predicted molar refractivity (Wildman–Crippen MR) is 89.0 cm³/mol. The number of halogens is 2. The Balaban J connectivity index is 2.21. The molecule has 0 saturated carbocycles. The lowest BCUT2D eigenvalue weighted by atomic mass is 10.1. The average Bonchev–Trinajstić information content (AvgIpc) is 2.22. The van der Waals surface area contributed by atoms with Crippen LogP contribution in [0.1, 0.15) is 51.0 Å². The van der Waals surface area contributed by atoms with E-state index >= 15 is 0 Å². The number of rotatable bonds is 7. The lowest BCUT2D eigenvalue weighted by Crippen LogP contribution is -1.89. The summed E-state index contributed by atoms with van der Waals surface area (Å²) in [5, 5.41) is 0. The van der Waals surface area contributed by atoms with Crippen LogP contribution in [0.2, 0.25) is 0 Å². The molecule has 0 spiro atoms. The molecule has 90 valence electrons. The third-order valence-electron chi connectivity index (χ3n) is 2.74. The predicted octanol–water partition coefficient (Wildman–Crippen LogP) is 5.80. The molecule has 0 bridgehead atoms. The first-order chi connectivity index (χ1) is 7.72. The Labute approximate surface area is 127 Å². The molecule has 16 heavy (non-hydrogen) atoms. The van der Waals surface area contributed by atoms with Gasteiger partial charge in [-0.2, -0.15) is 0 Å². The van der Waals surface area contributed by atoms with Crippen molar-refractivity contribution in [2.24, 2.45) is 0 Å². The largest absolute Gasteiger partial charge is 0.0654 e. The van der Waals surface area contributed by atoms with Crippen molar-refractivity contribution in [3.8, 4) is 0 Å².